The molecule has 0 bridgehead atoms. The molecular formula is C16H22N2O3. The van der Waals surface area contributed by atoms with Gasteiger partial charge in [-0.25, -0.2) is 4.79 Å². The number of benzene rings is 1. The van der Waals surface area contributed by atoms with Gasteiger partial charge in [-0.3, -0.25) is 9.69 Å². The molecule has 2 atom stereocenters. The van der Waals surface area contributed by atoms with Crippen molar-refractivity contribution in [3.8, 4) is 0 Å². The average Bonchev–Trinajstić information content (AvgIpc) is 2.96. The molecule has 1 aromatic rings. The molecule has 0 saturated carbocycles. The number of hydrogen-bond acceptors (Lipinski definition) is 3. The van der Waals surface area contributed by atoms with Gasteiger partial charge < -0.3 is 10.0 Å². The third kappa shape index (κ3) is 3.61. The zero-order valence-electron chi connectivity index (χ0n) is 12.5. The van der Waals surface area contributed by atoms with E-state index in [0.29, 0.717) is 19.5 Å². The number of carbonyl (C=O) groups is 2. The van der Waals surface area contributed by atoms with E-state index >= 15 is 0 Å². The normalized spacial score (nSPS) is 19.8. The van der Waals surface area contributed by atoms with E-state index in [1.54, 1.807) is 0 Å². The lowest BCUT2D eigenvalue weighted by molar-refractivity contribution is -0.150. The lowest BCUT2D eigenvalue weighted by Crippen LogP contribution is -2.49. The molecule has 0 aliphatic carbocycles. The van der Waals surface area contributed by atoms with Gasteiger partial charge in [0, 0.05) is 13.1 Å². The summed E-state index contributed by atoms with van der Waals surface area (Å²) < 4.78 is 0. The molecule has 2 rings (SSSR count). The van der Waals surface area contributed by atoms with Gasteiger partial charge in [0.05, 0.1) is 6.04 Å². The number of aliphatic carboxylic acids is 1. The van der Waals surface area contributed by atoms with E-state index in [1.165, 1.54) is 4.90 Å². The lowest BCUT2D eigenvalue weighted by Gasteiger charge is -2.30. The first-order chi connectivity index (χ1) is 10.0. The molecule has 0 spiro atoms. The zero-order chi connectivity index (χ0) is 15.4. The molecule has 21 heavy (non-hydrogen) atoms. The molecule has 2 unspecified atom stereocenters. The maximum absolute atomic E-state index is 12.5. The Bertz CT molecular complexity index is 504. The van der Waals surface area contributed by atoms with Gasteiger partial charge in [0.1, 0.15) is 6.04 Å². The Hall–Kier alpha value is -1.88. The lowest BCUT2D eigenvalue weighted by atomic mass is 10.1. The van der Waals surface area contributed by atoms with E-state index in [2.05, 4.69) is 0 Å². The Morgan fingerprint density at radius 2 is 2.05 bits per heavy atom. The summed E-state index contributed by atoms with van der Waals surface area (Å²) in [5.41, 5.74) is 1.14. The summed E-state index contributed by atoms with van der Waals surface area (Å²) in [4.78, 5) is 27.2. The number of likely N-dealkylation sites (N-methyl/N-ethyl adjacent to an activating group) is 1. The summed E-state index contributed by atoms with van der Waals surface area (Å²) in [6.07, 6.45) is 1.31. The fourth-order valence-corrected chi connectivity index (χ4v) is 2.72. The largest absolute Gasteiger partial charge is 0.480 e. The standard InChI is InChI=1S/C16H22N2O3/c1-12(17(2)11-13-7-4-3-5-8-13)15(19)18-10-6-9-14(18)16(20)21/h3-5,7-8,12,14H,6,9-11H2,1-2H3,(H,20,21). The molecule has 1 aliphatic heterocycles. The molecule has 1 aromatic carbocycles. The van der Waals surface area contributed by atoms with Crippen molar-refractivity contribution in [3.05, 3.63) is 35.9 Å². The van der Waals surface area contributed by atoms with Gasteiger partial charge in [-0.05, 0) is 32.4 Å². The Balaban J connectivity index is 2.00. The first-order valence-corrected chi connectivity index (χ1v) is 7.28. The molecule has 1 N–H and O–H groups in total. The number of carboxylic acid groups (broad SMARTS) is 1. The predicted octanol–water partition coefficient (Wildman–Crippen LogP) is 1.58. The van der Waals surface area contributed by atoms with E-state index in [4.69, 9.17) is 0 Å². The third-order valence-corrected chi connectivity index (χ3v) is 4.11. The number of nitrogens with zero attached hydrogens (tertiary/aromatic N) is 2. The van der Waals surface area contributed by atoms with Gasteiger partial charge in [0.2, 0.25) is 5.91 Å². The molecule has 114 valence electrons. The van der Waals surface area contributed by atoms with Crippen molar-refractivity contribution < 1.29 is 14.7 Å². The van der Waals surface area contributed by atoms with E-state index < -0.39 is 12.0 Å². The number of hydrogen-bond donors (Lipinski definition) is 1. The SMILES string of the molecule is CC(C(=O)N1CCCC1C(=O)O)N(C)Cc1ccccc1. The van der Waals surface area contributed by atoms with Gasteiger partial charge in [-0.1, -0.05) is 30.3 Å². The highest BCUT2D eigenvalue weighted by Gasteiger charge is 2.36. The van der Waals surface area contributed by atoms with Crippen molar-refractivity contribution >= 4 is 11.9 Å². The molecule has 0 radical (unpaired) electrons. The number of carbonyl (C=O) groups excluding carboxylic acids is 1. The van der Waals surface area contributed by atoms with Crippen molar-refractivity contribution in [2.24, 2.45) is 0 Å². The van der Waals surface area contributed by atoms with E-state index in [-0.39, 0.29) is 11.9 Å². The van der Waals surface area contributed by atoms with Crippen molar-refractivity contribution in [2.75, 3.05) is 13.6 Å². The van der Waals surface area contributed by atoms with Crippen LogP contribution >= 0.6 is 0 Å². The highest BCUT2D eigenvalue weighted by Crippen LogP contribution is 2.20. The van der Waals surface area contributed by atoms with Crippen LogP contribution in [0, 0.1) is 0 Å². The highest BCUT2D eigenvalue weighted by atomic mass is 16.4. The second-order valence-electron chi connectivity index (χ2n) is 5.60. The Kier molecular flexibility index (Phi) is 4.96. The first kappa shape index (κ1) is 15.5. The molecule has 0 aromatic heterocycles. The van der Waals surface area contributed by atoms with Gasteiger partial charge in [0.15, 0.2) is 0 Å². The average molecular weight is 290 g/mol. The third-order valence-electron chi connectivity index (χ3n) is 4.11. The molecule has 1 fully saturated rings. The fraction of sp³-hybridized carbons (Fsp3) is 0.500. The van der Waals surface area contributed by atoms with E-state index in [9.17, 15) is 14.7 Å². The maximum Gasteiger partial charge on any atom is 0.326 e. The second-order valence-corrected chi connectivity index (χ2v) is 5.60. The molecule has 1 heterocycles. The van der Waals surface area contributed by atoms with Crippen LogP contribution in [0.2, 0.25) is 0 Å². The number of carboxylic acids is 1. The quantitative estimate of drug-likeness (QED) is 0.894. The molecule has 1 saturated heterocycles. The Morgan fingerprint density at radius 1 is 1.38 bits per heavy atom. The molecule has 1 amide bonds. The summed E-state index contributed by atoms with van der Waals surface area (Å²) in [5, 5.41) is 9.18. The summed E-state index contributed by atoms with van der Waals surface area (Å²) in [5.74, 6) is -1.00. The topological polar surface area (TPSA) is 60.9 Å². The number of amides is 1. The zero-order valence-corrected chi connectivity index (χ0v) is 12.5. The molecular weight excluding hydrogens is 268 g/mol. The van der Waals surface area contributed by atoms with Crippen LogP contribution in [0.5, 0.6) is 0 Å². The minimum Gasteiger partial charge on any atom is -0.480 e. The van der Waals surface area contributed by atoms with E-state index in [1.807, 2.05) is 49.2 Å². The smallest absolute Gasteiger partial charge is 0.326 e. The molecule has 1 aliphatic rings. The van der Waals surface area contributed by atoms with Crippen molar-refractivity contribution in [3.63, 3.8) is 0 Å². The van der Waals surface area contributed by atoms with E-state index in [0.717, 1.165) is 12.0 Å². The number of likely N-dealkylation sites (tertiary alicyclic amines) is 1. The van der Waals surface area contributed by atoms with Crippen LogP contribution in [0.15, 0.2) is 30.3 Å². The van der Waals surface area contributed by atoms with Crippen LogP contribution < -0.4 is 0 Å². The summed E-state index contributed by atoms with van der Waals surface area (Å²) in [7, 11) is 1.89. The summed E-state index contributed by atoms with van der Waals surface area (Å²) >= 11 is 0. The van der Waals surface area contributed by atoms with Crippen molar-refractivity contribution in [1.82, 2.24) is 9.80 Å². The predicted molar refractivity (Wildman–Crippen MR) is 79.7 cm³/mol. The fourth-order valence-electron chi connectivity index (χ4n) is 2.72. The van der Waals surface area contributed by atoms with Gasteiger partial charge in [-0.15, -0.1) is 0 Å². The van der Waals surface area contributed by atoms with Crippen LogP contribution in [0.25, 0.3) is 0 Å². The Labute approximate surface area is 125 Å². The van der Waals surface area contributed by atoms with Crippen LogP contribution in [0.1, 0.15) is 25.3 Å². The van der Waals surface area contributed by atoms with Crippen LogP contribution in [-0.4, -0.2) is 52.5 Å². The van der Waals surface area contributed by atoms with Crippen LogP contribution in [0.3, 0.4) is 0 Å². The highest BCUT2D eigenvalue weighted by molar-refractivity contribution is 5.87. The second kappa shape index (κ2) is 6.72. The van der Waals surface area contributed by atoms with Gasteiger partial charge in [-0.2, -0.15) is 0 Å². The number of rotatable bonds is 5. The summed E-state index contributed by atoms with van der Waals surface area (Å²) in [6.45, 7) is 3.04. The molecule has 5 heteroatoms. The first-order valence-electron chi connectivity index (χ1n) is 7.28. The van der Waals surface area contributed by atoms with Crippen molar-refractivity contribution in [2.45, 2.75) is 38.4 Å². The minimum atomic E-state index is -0.904. The van der Waals surface area contributed by atoms with Crippen molar-refractivity contribution in [1.29, 1.82) is 0 Å². The monoisotopic (exact) mass is 290 g/mol. The minimum absolute atomic E-state index is 0.0988. The summed E-state index contributed by atoms with van der Waals surface area (Å²) in [6, 6.07) is 8.94. The molecule has 5 nitrogen and oxygen atoms in total. The van der Waals surface area contributed by atoms with Gasteiger partial charge >= 0.3 is 5.97 Å². The van der Waals surface area contributed by atoms with Gasteiger partial charge in [0.25, 0.3) is 0 Å². The van der Waals surface area contributed by atoms with Crippen LogP contribution in [0.4, 0.5) is 0 Å². The Morgan fingerprint density at radius 3 is 2.67 bits per heavy atom. The van der Waals surface area contributed by atoms with Crippen LogP contribution in [-0.2, 0) is 16.1 Å². The maximum atomic E-state index is 12.5.